The Bertz CT molecular complexity index is 259. The highest BCUT2D eigenvalue weighted by Gasteiger charge is 2.09. The van der Waals surface area contributed by atoms with Crippen LogP contribution in [0.3, 0.4) is 0 Å². The number of hydrogen-bond donors (Lipinski definition) is 1. The summed E-state index contributed by atoms with van der Waals surface area (Å²) < 4.78 is 0. The number of aliphatic carboxylic acids is 1. The second-order valence-electron chi connectivity index (χ2n) is 4.31. The van der Waals surface area contributed by atoms with E-state index in [1.165, 1.54) is 37.4 Å². The molecule has 0 saturated heterocycles. The van der Waals surface area contributed by atoms with E-state index in [0.29, 0.717) is 0 Å². The molecule has 0 heterocycles. The average molecular weight is 270 g/mol. The van der Waals surface area contributed by atoms with Crippen LogP contribution in [0.25, 0.3) is 0 Å². The van der Waals surface area contributed by atoms with Crippen LogP contribution in [0, 0.1) is 0 Å². The number of unbranched alkanes of at least 4 members (excludes halogenated alkanes) is 3. The van der Waals surface area contributed by atoms with Crippen molar-refractivity contribution in [3.05, 3.63) is 24.3 Å². The zero-order chi connectivity index (χ0) is 13.6. The molecule has 2 nitrogen and oxygen atoms in total. The van der Waals surface area contributed by atoms with Gasteiger partial charge in [0, 0.05) is 0 Å². The van der Waals surface area contributed by atoms with E-state index in [0.717, 1.165) is 18.6 Å². The third-order valence-electron chi connectivity index (χ3n) is 2.58. The van der Waals surface area contributed by atoms with Gasteiger partial charge in [0.1, 0.15) is 0 Å². The molecular formula is C15H26O2S. The van der Waals surface area contributed by atoms with Crippen molar-refractivity contribution >= 4 is 17.7 Å². The number of allylic oxidation sites excluding steroid dienone is 4. The zero-order valence-electron chi connectivity index (χ0n) is 11.6. The lowest BCUT2D eigenvalue weighted by Crippen LogP contribution is -2.11. The molecule has 0 aliphatic heterocycles. The Balaban J connectivity index is 3.35. The molecule has 0 radical (unpaired) electrons. The first-order chi connectivity index (χ1) is 8.68. The van der Waals surface area contributed by atoms with Gasteiger partial charge in [0.15, 0.2) is 0 Å². The van der Waals surface area contributed by atoms with Crippen LogP contribution >= 0.6 is 11.8 Å². The van der Waals surface area contributed by atoms with Gasteiger partial charge in [0.25, 0.3) is 0 Å². The number of carboxylic acid groups (broad SMARTS) is 1. The molecule has 0 aliphatic carbocycles. The van der Waals surface area contributed by atoms with E-state index in [1.807, 2.05) is 0 Å². The summed E-state index contributed by atoms with van der Waals surface area (Å²) in [6.45, 7) is 3.95. The standard InChI is InChI=1S/C15H26O2S/c1-3-4-5-6-7-8-9-10-11-12-13-18-14(2)15(16)17/h7-8,10-11,14H,3-6,9,12-13H2,1-2H3,(H,16,17)/b8-7-,11-10-. The van der Waals surface area contributed by atoms with Crippen LogP contribution in [0.15, 0.2) is 24.3 Å². The van der Waals surface area contributed by atoms with E-state index in [2.05, 4.69) is 31.2 Å². The van der Waals surface area contributed by atoms with E-state index in [-0.39, 0.29) is 5.25 Å². The van der Waals surface area contributed by atoms with E-state index >= 15 is 0 Å². The summed E-state index contributed by atoms with van der Waals surface area (Å²) >= 11 is 1.49. The molecule has 0 aromatic rings. The van der Waals surface area contributed by atoms with Crippen LogP contribution in [-0.2, 0) is 4.79 Å². The summed E-state index contributed by atoms with van der Waals surface area (Å²) in [7, 11) is 0. The van der Waals surface area contributed by atoms with Gasteiger partial charge in [-0.3, -0.25) is 4.79 Å². The maximum absolute atomic E-state index is 10.6. The molecule has 18 heavy (non-hydrogen) atoms. The molecule has 0 aromatic heterocycles. The lowest BCUT2D eigenvalue weighted by molar-refractivity contribution is -0.136. The first-order valence-corrected chi connectivity index (χ1v) is 7.87. The van der Waals surface area contributed by atoms with E-state index < -0.39 is 5.97 Å². The maximum Gasteiger partial charge on any atom is 0.316 e. The summed E-state index contributed by atoms with van der Waals surface area (Å²) in [4.78, 5) is 10.6. The van der Waals surface area contributed by atoms with Gasteiger partial charge in [0.05, 0.1) is 5.25 Å². The van der Waals surface area contributed by atoms with Crippen molar-refractivity contribution in [3.8, 4) is 0 Å². The van der Waals surface area contributed by atoms with Gasteiger partial charge < -0.3 is 5.11 Å². The van der Waals surface area contributed by atoms with Gasteiger partial charge in [0.2, 0.25) is 0 Å². The Hall–Kier alpha value is -0.700. The molecule has 3 heteroatoms. The third-order valence-corrected chi connectivity index (χ3v) is 3.75. The number of rotatable bonds is 11. The first-order valence-electron chi connectivity index (χ1n) is 6.82. The number of hydrogen-bond acceptors (Lipinski definition) is 2. The second kappa shape index (κ2) is 12.7. The topological polar surface area (TPSA) is 37.3 Å². The summed E-state index contributed by atoms with van der Waals surface area (Å²) in [6.07, 6.45) is 15.8. The Morgan fingerprint density at radius 2 is 1.83 bits per heavy atom. The Morgan fingerprint density at radius 1 is 1.17 bits per heavy atom. The highest BCUT2D eigenvalue weighted by Crippen LogP contribution is 2.11. The molecule has 1 atom stereocenters. The molecule has 0 fully saturated rings. The second-order valence-corrected chi connectivity index (χ2v) is 5.76. The first kappa shape index (κ1) is 17.3. The van der Waals surface area contributed by atoms with Crippen LogP contribution < -0.4 is 0 Å². The zero-order valence-corrected chi connectivity index (χ0v) is 12.4. The number of thioether (sulfide) groups is 1. The fourth-order valence-corrected chi connectivity index (χ4v) is 2.17. The minimum Gasteiger partial charge on any atom is -0.480 e. The molecule has 0 amide bonds. The Labute approximate surface area is 116 Å². The smallest absolute Gasteiger partial charge is 0.316 e. The molecule has 0 bridgehead atoms. The van der Waals surface area contributed by atoms with Gasteiger partial charge >= 0.3 is 5.97 Å². The molecule has 0 saturated carbocycles. The summed E-state index contributed by atoms with van der Waals surface area (Å²) in [6, 6.07) is 0. The van der Waals surface area contributed by atoms with Crippen molar-refractivity contribution in [2.24, 2.45) is 0 Å². The molecule has 0 rings (SSSR count). The lowest BCUT2D eigenvalue weighted by Gasteiger charge is -2.02. The highest BCUT2D eigenvalue weighted by atomic mass is 32.2. The maximum atomic E-state index is 10.6. The van der Waals surface area contributed by atoms with Crippen molar-refractivity contribution in [2.45, 2.75) is 57.6 Å². The minimum absolute atomic E-state index is 0.295. The van der Waals surface area contributed by atoms with E-state index in [4.69, 9.17) is 5.11 Å². The van der Waals surface area contributed by atoms with Crippen LogP contribution in [0.1, 0.15) is 52.4 Å². The molecule has 0 aromatic carbocycles. The van der Waals surface area contributed by atoms with Gasteiger partial charge in [-0.2, -0.15) is 0 Å². The fraction of sp³-hybridized carbons (Fsp3) is 0.667. The van der Waals surface area contributed by atoms with Crippen LogP contribution in [-0.4, -0.2) is 22.1 Å². The van der Waals surface area contributed by atoms with Crippen molar-refractivity contribution in [3.63, 3.8) is 0 Å². The number of carbonyl (C=O) groups is 1. The summed E-state index contributed by atoms with van der Waals surface area (Å²) in [5.74, 6) is 0.156. The van der Waals surface area contributed by atoms with Crippen molar-refractivity contribution in [2.75, 3.05) is 5.75 Å². The molecule has 0 aliphatic rings. The minimum atomic E-state index is -0.723. The Kier molecular flexibility index (Phi) is 12.3. The van der Waals surface area contributed by atoms with E-state index in [1.54, 1.807) is 6.92 Å². The fourth-order valence-electron chi connectivity index (χ4n) is 1.40. The molecule has 1 unspecified atom stereocenters. The van der Waals surface area contributed by atoms with Crippen LogP contribution in [0.2, 0.25) is 0 Å². The monoisotopic (exact) mass is 270 g/mol. The normalized spacial score (nSPS) is 13.4. The summed E-state index contributed by atoms with van der Waals surface area (Å²) in [5.41, 5.74) is 0. The van der Waals surface area contributed by atoms with Crippen molar-refractivity contribution in [1.29, 1.82) is 0 Å². The average Bonchev–Trinajstić information content (AvgIpc) is 2.35. The van der Waals surface area contributed by atoms with Gasteiger partial charge in [-0.25, -0.2) is 0 Å². The van der Waals surface area contributed by atoms with Crippen molar-refractivity contribution < 1.29 is 9.90 Å². The van der Waals surface area contributed by atoms with Gasteiger partial charge in [-0.1, -0.05) is 44.1 Å². The third kappa shape index (κ3) is 11.8. The van der Waals surface area contributed by atoms with Gasteiger partial charge in [-0.15, -0.1) is 11.8 Å². The van der Waals surface area contributed by atoms with Crippen LogP contribution in [0.4, 0.5) is 0 Å². The summed E-state index contributed by atoms with van der Waals surface area (Å²) in [5, 5.41) is 8.40. The van der Waals surface area contributed by atoms with E-state index in [9.17, 15) is 4.79 Å². The molecule has 1 N–H and O–H groups in total. The molecule has 0 spiro atoms. The number of carboxylic acids is 1. The quantitative estimate of drug-likeness (QED) is 0.438. The Morgan fingerprint density at radius 3 is 2.44 bits per heavy atom. The molecular weight excluding hydrogens is 244 g/mol. The SMILES string of the molecule is CCCCC/C=C\C/C=C\CCSC(C)C(=O)O. The van der Waals surface area contributed by atoms with Gasteiger partial charge in [-0.05, 0) is 38.4 Å². The highest BCUT2D eigenvalue weighted by molar-refractivity contribution is 8.00. The predicted octanol–water partition coefficient (Wildman–Crippen LogP) is 4.67. The van der Waals surface area contributed by atoms with Crippen molar-refractivity contribution in [1.82, 2.24) is 0 Å². The largest absolute Gasteiger partial charge is 0.480 e. The lowest BCUT2D eigenvalue weighted by atomic mass is 10.2. The molecule has 104 valence electrons. The van der Waals surface area contributed by atoms with Crippen LogP contribution in [0.5, 0.6) is 0 Å². The predicted molar refractivity (Wildman–Crippen MR) is 81.2 cm³/mol.